The number of fused-ring (bicyclic) bond motifs is 2. The molecule has 3 aliphatic heterocycles. The van der Waals surface area contributed by atoms with Crippen molar-refractivity contribution in [1.82, 2.24) is 20.4 Å². The van der Waals surface area contributed by atoms with Crippen LogP contribution >= 0.6 is 12.4 Å². The Bertz CT molecular complexity index is 496. The highest BCUT2D eigenvalue weighted by molar-refractivity contribution is 6.07. The van der Waals surface area contributed by atoms with Crippen LogP contribution in [-0.2, 0) is 9.59 Å². The van der Waals surface area contributed by atoms with Gasteiger partial charge in [0.25, 0.3) is 5.91 Å². The lowest BCUT2D eigenvalue weighted by Crippen LogP contribution is -2.50. The van der Waals surface area contributed by atoms with Gasteiger partial charge < -0.3 is 15.1 Å². The van der Waals surface area contributed by atoms with Crippen LogP contribution in [0.1, 0.15) is 33.1 Å². The average Bonchev–Trinajstić information content (AvgIpc) is 2.82. The molecule has 0 aromatic rings. The Labute approximate surface area is 136 Å². The van der Waals surface area contributed by atoms with Crippen LogP contribution in [0, 0.1) is 0 Å². The van der Waals surface area contributed by atoms with Crippen molar-refractivity contribution < 1.29 is 14.4 Å². The summed E-state index contributed by atoms with van der Waals surface area (Å²) in [4.78, 5) is 39.2. The molecule has 0 radical (unpaired) electrons. The number of nitrogens with zero attached hydrogens (tertiary/aromatic N) is 2. The number of hydrogen-bond donors (Lipinski definition) is 2. The van der Waals surface area contributed by atoms with Gasteiger partial charge in [-0.2, -0.15) is 0 Å². The largest absolute Gasteiger partial charge is 0.340 e. The van der Waals surface area contributed by atoms with Crippen molar-refractivity contribution in [1.29, 1.82) is 0 Å². The van der Waals surface area contributed by atoms with E-state index in [1.807, 2.05) is 4.90 Å². The number of carbonyl (C=O) groups excluding carboxylic acids is 3. The van der Waals surface area contributed by atoms with Crippen LogP contribution in [0.2, 0.25) is 0 Å². The minimum absolute atomic E-state index is 0. The number of urea groups is 1. The van der Waals surface area contributed by atoms with Gasteiger partial charge in [-0.25, -0.2) is 4.79 Å². The molecule has 3 rings (SSSR count). The molecular formula is C14H23ClN4O3. The van der Waals surface area contributed by atoms with Gasteiger partial charge in [-0.3, -0.25) is 14.9 Å². The summed E-state index contributed by atoms with van der Waals surface area (Å²) in [7, 11) is 0. The maximum atomic E-state index is 12.5. The maximum Gasteiger partial charge on any atom is 0.325 e. The quantitative estimate of drug-likeness (QED) is 0.703. The summed E-state index contributed by atoms with van der Waals surface area (Å²) in [5.41, 5.74) is -0.962. The van der Waals surface area contributed by atoms with Crippen LogP contribution < -0.4 is 10.6 Å². The maximum absolute atomic E-state index is 12.5. The van der Waals surface area contributed by atoms with Gasteiger partial charge in [0.05, 0.1) is 0 Å². The van der Waals surface area contributed by atoms with E-state index in [1.54, 1.807) is 13.8 Å². The highest BCUT2D eigenvalue weighted by Gasteiger charge is 2.46. The highest BCUT2D eigenvalue weighted by atomic mass is 35.5. The van der Waals surface area contributed by atoms with Crippen molar-refractivity contribution in [3.8, 4) is 0 Å². The first-order valence-corrected chi connectivity index (χ1v) is 7.55. The highest BCUT2D eigenvalue weighted by Crippen LogP contribution is 2.23. The summed E-state index contributed by atoms with van der Waals surface area (Å²) in [6.45, 7) is 4.69. The zero-order valence-electron chi connectivity index (χ0n) is 12.9. The van der Waals surface area contributed by atoms with Gasteiger partial charge in [0, 0.05) is 25.2 Å². The normalized spacial score (nSPS) is 29.9. The van der Waals surface area contributed by atoms with Crippen molar-refractivity contribution >= 4 is 30.3 Å². The number of imide groups is 1. The summed E-state index contributed by atoms with van der Waals surface area (Å²) in [6, 6.07) is 0.400. The Hall–Kier alpha value is -1.34. The summed E-state index contributed by atoms with van der Waals surface area (Å²) in [5, 5.41) is 5.79. The van der Waals surface area contributed by atoms with E-state index in [0.717, 1.165) is 19.4 Å². The lowest BCUT2D eigenvalue weighted by atomic mass is 10.0. The van der Waals surface area contributed by atoms with Gasteiger partial charge in [-0.15, -0.1) is 12.4 Å². The fourth-order valence-electron chi connectivity index (χ4n) is 3.37. The summed E-state index contributed by atoms with van der Waals surface area (Å²) in [5.74, 6) is -0.431. The smallest absolute Gasteiger partial charge is 0.325 e. The first-order chi connectivity index (χ1) is 9.88. The average molecular weight is 331 g/mol. The molecule has 0 aliphatic carbocycles. The zero-order valence-corrected chi connectivity index (χ0v) is 13.7. The molecule has 3 fully saturated rings. The predicted octanol–water partition coefficient (Wildman–Crippen LogP) is 0.0915. The molecule has 3 saturated heterocycles. The molecule has 8 heteroatoms. The van der Waals surface area contributed by atoms with Gasteiger partial charge >= 0.3 is 6.03 Å². The Morgan fingerprint density at radius 3 is 2.55 bits per heavy atom. The van der Waals surface area contributed by atoms with Crippen molar-refractivity contribution in [2.24, 2.45) is 0 Å². The van der Waals surface area contributed by atoms with E-state index in [0.29, 0.717) is 18.6 Å². The van der Waals surface area contributed by atoms with Crippen molar-refractivity contribution in [3.63, 3.8) is 0 Å². The van der Waals surface area contributed by atoms with Crippen molar-refractivity contribution in [2.45, 2.75) is 50.7 Å². The first kappa shape index (κ1) is 17.0. The number of halogens is 1. The summed E-state index contributed by atoms with van der Waals surface area (Å²) in [6.07, 6.45) is 3.24. The molecule has 3 aliphatic rings. The van der Waals surface area contributed by atoms with Crippen LogP contribution in [0.5, 0.6) is 0 Å². The molecular weight excluding hydrogens is 308 g/mol. The SMILES string of the molecule is CC1(C)C(=O)NC(=O)N1CC(=O)N1CCC2CCC(C1)N2.Cl. The molecule has 2 atom stereocenters. The third kappa shape index (κ3) is 2.92. The second-order valence-electron chi connectivity index (χ2n) is 6.67. The Balaban J connectivity index is 0.00000176. The van der Waals surface area contributed by atoms with Crippen LogP contribution in [-0.4, -0.2) is 64.9 Å². The van der Waals surface area contributed by atoms with E-state index < -0.39 is 11.6 Å². The van der Waals surface area contributed by atoms with Crippen LogP contribution in [0.4, 0.5) is 4.79 Å². The minimum Gasteiger partial charge on any atom is -0.340 e. The number of carbonyl (C=O) groups is 3. The fourth-order valence-corrected chi connectivity index (χ4v) is 3.37. The van der Waals surface area contributed by atoms with Gasteiger partial charge in [0.15, 0.2) is 0 Å². The van der Waals surface area contributed by atoms with E-state index >= 15 is 0 Å². The standard InChI is InChI=1S/C14H22N4O3.ClH/c1-14(2)12(20)16-13(21)18(14)8-11(19)17-6-5-9-3-4-10(7-17)15-9;/h9-10,15H,3-8H2,1-2H3,(H,16,20,21);1H. The van der Waals surface area contributed by atoms with Gasteiger partial charge in [0.1, 0.15) is 12.1 Å². The fraction of sp³-hybridized carbons (Fsp3) is 0.786. The second-order valence-corrected chi connectivity index (χ2v) is 6.67. The molecule has 0 spiro atoms. The molecule has 4 amide bonds. The lowest BCUT2D eigenvalue weighted by molar-refractivity contribution is -0.133. The summed E-state index contributed by atoms with van der Waals surface area (Å²) < 4.78 is 0. The lowest BCUT2D eigenvalue weighted by Gasteiger charge is -2.31. The molecule has 7 nitrogen and oxygen atoms in total. The summed E-state index contributed by atoms with van der Waals surface area (Å²) >= 11 is 0. The molecule has 124 valence electrons. The van der Waals surface area contributed by atoms with E-state index in [9.17, 15) is 14.4 Å². The van der Waals surface area contributed by atoms with Crippen LogP contribution in [0.25, 0.3) is 0 Å². The number of nitrogens with one attached hydrogen (secondary N) is 2. The molecule has 22 heavy (non-hydrogen) atoms. The van der Waals surface area contributed by atoms with Crippen molar-refractivity contribution in [2.75, 3.05) is 19.6 Å². The molecule has 2 unspecified atom stereocenters. The van der Waals surface area contributed by atoms with Crippen LogP contribution in [0.15, 0.2) is 0 Å². The minimum atomic E-state index is -0.962. The van der Waals surface area contributed by atoms with E-state index in [-0.39, 0.29) is 30.8 Å². The third-order valence-electron chi connectivity index (χ3n) is 4.87. The second kappa shape index (κ2) is 6.04. The van der Waals surface area contributed by atoms with Gasteiger partial charge in [-0.1, -0.05) is 0 Å². The predicted molar refractivity (Wildman–Crippen MR) is 82.7 cm³/mol. The molecule has 2 N–H and O–H groups in total. The van der Waals surface area contributed by atoms with Crippen LogP contribution in [0.3, 0.4) is 0 Å². The van der Waals surface area contributed by atoms with E-state index in [4.69, 9.17) is 0 Å². The van der Waals surface area contributed by atoms with Crippen molar-refractivity contribution in [3.05, 3.63) is 0 Å². The zero-order chi connectivity index (χ0) is 15.2. The Morgan fingerprint density at radius 2 is 1.91 bits per heavy atom. The molecule has 3 heterocycles. The monoisotopic (exact) mass is 330 g/mol. The number of amides is 4. The number of rotatable bonds is 2. The van der Waals surface area contributed by atoms with E-state index in [1.165, 1.54) is 11.3 Å². The van der Waals surface area contributed by atoms with E-state index in [2.05, 4.69) is 10.6 Å². The Morgan fingerprint density at radius 1 is 1.23 bits per heavy atom. The molecule has 0 aromatic carbocycles. The topological polar surface area (TPSA) is 81.8 Å². The molecule has 0 aromatic heterocycles. The molecule has 0 saturated carbocycles. The first-order valence-electron chi connectivity index (χ1n) is 7.55. The number of hydrogen-bond acceptors (Lipinski definition) is 4. The van der Waals surface area contributed by atoms with Gasteiger partial charge in [-0.05, 0) is 33.1 Å². The Kier molecular flexibility index (Phi) is 4.67. The third-order valence-corrected chi connectivity index (χ3v) is 4.87. The van der Waals surface area contributed by atoms with Gasteiger partial charge in [0.2, 0.25) is 5.91 Å². The number of likely N-dealkylation sites (tertiary alicyclic amines) is 1. The molecule has 2 bridgehead atoms.